The number of carbonyl (C=O) groups is 2. The van der Waals surface area contributed by atoms with E-state index < -0.39 is 6.04 Å². The maximum atomic E-state index is 12.7. The summed E-state index contributed by atoms with van der Waals surface area (Å²) >= 11 is 0. The average molecular weight is 403 g/mol. The quantitative estimate of drug-likeness (QED) is 0.357. The molecule has 1 aromatic carbocycles. The Morgan fingerprint density at radius 3 is 1.90 bits per heavy atom. The zero-order valence-corrected chi connectivity index (χ0v) is 19.0. The monoisotopic (exact) mass is 402 g/mol. The van der Waals surface area contributed by atoms with Crippen LogP contribution in [0.3, 0.4) is 0 Å². The fraction of sp³-hybridized carbons (Fsp3) is 0.680. The van der Waals surface area contributed by atoms with Gasteiger partial charge in [0.05, 0.1) is 6.04 Å². The number of hydrogen-bond donors (Lipinski definition) is 2. The number of benzene rings is 1. The van der Waals surface area contributed by atoms with E-state index in [-0.39, 0.29) is 23.8 Å². The van der Waals surface area contributed by atoms with Gasteiger partial charge < -0.3 is 10.6 Å². The molecule has 0 saturated heterocycles. The molecule has 0 bridgehead atoms. The maximum Gasteiger partial charge on any atom is 0.243 e. The molecule has 2 amide bonds. The fourth-order valence-electron chi connectivity index (χ4n) is 3.51. The second kappa shape index (κ2) is 15.1. The summed E-state index contributed by atoms with van der Waals surface area (Å²) in [7, 11) is 0. The smallest absolute Gasteiger partial charge is 0.243 e. The van der Waals surface area contributed by atoms with E-state index >= 15 is 0 Å². The van der Waals surface area contributed by atoms with Gasteiger partial charge in [-0.15, -0.1) is 0 Å². The number of nitrogens with one attached hydrogen (secondary N) is 2. The molecular weight excluding hydrogens is 360 g/mol. The molecule has 0 aliphatic rings. The van der Waals surface area contributed by atoms with Crippen LogP contribution in [-0.2, 0) is 9.59 Å². The molecule has 2 atom stereocenters. The molecular formula is C25H42N2O2. The van der Waals surface area contributed by atoms with E-state index in [4.69, 9.17) is 0 Å². The van der Waals surface area contributed by atoms with Crippen molar-refractivity contribution in [1.29, 1.82) is 0 Å². The number of amides is 2. The van der Waals surface area contributed by atoms with E-state index in [9.17, 15) is 9.59 Å². The number of hydrogen-bond acceptors (Lipinski definition) is 2. The minimum Gasteiger partial charge on any atom is -0.348 e. The Balaban J connectivity index is 2.29. The van der Waals surface area contributed by atoms with Crippen LogP contribution in [-0.4, -0.2) is 17.9 Å². The molecule has 0 aliphatic heterocycles. The molecule has 0 fully saturated rings. The van der Waals surface area contributed by atoms with E-state index in [0.29, 0.717) is 6.42 Å². The van der Waals surface area contributed by atoms with Crippen molar-refractivity contribution in [1.82, 2.24) is 10.6 Å². The fourth-order valence-corrected chi connectivity index (χ4v) is 3.51. The first-order chi connectivity index (χ1) is 14.0. The Labute approximate surface area is 178 Å². The maximum absolute atomic E-state index is 12.7. The van der Waals surface area contributed by atoms with Crippen LogP contribution in [0, 0.1) is 5.92 Å². The second-order valence-corrected chi connectivity index (χ2v) is 8.51. The Hall–Kier alpha value is -1.84. The van der Waals surface area contributed by atoms with Crippen molar-refractivity contribution < 1.29 is 9.59 Å². The van der Waals surface area contributed by atoms with E-state index in [0.717, 1.165) is 18.4 Å². The van der Waals surface area contributed by atoms with Crippen molar-refractivity contribution in [2.24, 2.45) is 5.92 Å². The van der Waals surface area contributed by atoms with Gasteiger partial charge in [-0.1, -0.05) is 102 Å². The molecule has 0 saturated carbocycles. The SMILES string of the molecule is CCCCCCCCCCCC(=O)NC(C(=O)NC(C)c1ccccc1)C(C)C. The highest BCUT2D eigenvalue weighted by Crippen LogP contribution is 2.13. The van der Waals surface area contributed by atoms with Crippen LogP contribution in [0.1, 0.15) is 104 Å². The van der Waals surface area contributed by atoms with Gasteiger partial charge in [-0.2, -0.15) is 0 Å². The van der Waals surface area contributed by atoms with Gasteiger partial charge in [-0.25, -0.2) is 0 Å². The first-order valence-corrected chi connectivity index (χ1v) is 11.6. The minimum atomic E-state index is -0.493. The molecule has 0 spiro atoms. The standard InChI is InChI=1S/C25H42N2O2/c1-5-6-7-8-9-10-11-12-16-19-23(28)27-24(20(2)3)25(29)26-21(4)22-17-14-13-15-18-22/h13-15,17-18,20-21,24H,5-12,16,19H2,1-4H3,(H,26,29)(H,27,28). The third-order valence-corrected chi connectivity index (χ3v) is 5.43. The lowest BCUT2D eigenvalue weighted by atomic mass is 10.0. The highest BCUT2D eigenvalue weighted by molar-refractivity contribution is 5.88. The van der Waals surface area contributed by atoms with Crippen LogP contribution >= 0.6 is 0 Å². The zero-order chi connectivity index (χ0) is 21.5. The van der Waals surface area contributed by atoms with Crippen molar-refractivity contribution in [3.63, 3.8) is 0 Å². The van der Waals surface area contributed by atoms with Crippen LogP contribution in [0.25, 0.3) is 0 Å². The van der Waals surface area contributed by atoms with Crippen molar-refractivity contribution in [2.45, 2.75) is 104 Å². The number of unbranched alkanes of at least 4 members (excludes halogenated alkanes) is 8. The number of carbonyl (C=O) groups excluding carboxylic acids is 2. The van der Waals surface area contributed by atoms with Gasteiger partial charge in [0.15, 0.2) is 0 Å². The van der Waals surface area contributed by atoms with Crippen LogP contribution in [0.4, 0.5) is 0 Å². The average Bonchev–Trinajstić information content (AvgIpc) is 2.71. The molecule has 1 aromatic rings. The lowest BCUT2D eigenvalue weighted by Crippen LogP contribution is -2.50. The lowest BCUT2D eigenvalue weighted by molar-refractivity contribution is -0.130. The largest absolute Gasteiger partial charge is 0.348 e. The van der Waals surface area contributed by atoms with Gasteiger partial charge >= 0.3 is 0 Å². The molecule has 4 nitrogen and oxygen atoms in total. The van der Waals surface area contributed by atoms with Crippen molar-refractivity contribution in [3.8, 4) is 0 Å². The van der Waals surface area contributed by atoms with E-state index in [1.165, 1.54) is 44.9 Å². The van der Waals surface area contributed by atoms with Crippen molar-refractivity contribution in [2.75, 3.05) is 0 Å². The summed E-state index contributed by atoms with van der Waals surface area (Å²) in [5.74, 6) is -0.0870. The van der Waals surface area contributed by atoms with Gasteiger partial charge in [0.25, 0.3) is 0 Å². The lowest BCUT2D eigenvalue weighted by Gasteiger charge is -2.24. The van der Waals surface area contributed by atoms with E-state index in [2.05, 4.69) is 17.6 Å². The summed E-state index contributed by atoms with van der Waals surface area (Å²) in [6, 6.07) is 9.30. The topological polar surface area (TPSA) is 58.2 Å². The first kappa shape index (κ1) is 25.2. The summed E-state index contributed by atoms with van der Waals surface area (Å²) in [6.45, 7) is 8.14. The Bertz CT molecular complexity index is 571. The molecule has 0 radical (unpaired) electrons. The van der Waals surface area contributed by atoms with Crippen LogP contribution in [0.2, 0.25) is 0 Å². The van der Waals surface area contributed by atoms with Gasteiger partial charge in [-0.3, -0.25) is 9.59 Å². The summed E-state index contributed by atoms with van der Waals surface area (Å²) in [4.78, 5) is 25.0. The Kier molecular flexibility index (Phi) is 13.1. The molecule has 0 aliphatic carbocycles. The highest BCUT2D eigenvalue weighted by atomic mass is 16.2. The van der Waals surface area contributed by atoms with Gasteiger partial charge in [-0.05, 0) is 24.8 Å². The van der Waals surface area contributed by atoms with Gasteiger partial charge in [0.1, 0.15) is 6.04 Å². The predicted molar refractivity (Wildman–Crippen MR) is 122 cm³/mol. The summed E-state index contributed by atoms with van der Waals surface area (Å²) in [5.41, 5.74) is 1.06. The molecule has 2 N–H and O–H groups in total. The Morgan fingerprint density at radius 2 is 1.34 bits per heavy atom. The van der Waals surface area contributed by atoms with Crippen molar-refractivity contribution >= 4 is 11.8 Å². The van der Waals surface area contributed by atoms with Crippen LogP contribution in [0.5, 0.6) is 0 Å². The van der Waals surface area contributed by atoms with Crippen molar-refractivity contribution in [3.05, 3.63) is 35.9 Å². The molecule has 0 aromatic heterocycles. The summed E-state index contributed by atoms with van der Waals surface area (Å²) < 4.78 is 0. The third kappa shape index (κ3) is 11.1. The Morgan fingerprint density at radius 1 is 0.793 bits per heavy atom. The van der Waals surface area contributed by atoms with Gasteiger partial charge in [0, 0.05) is 6.42 Å². The van der Waals surface area contributed by atoms with E-state index in [1.54, 1.807) is 0 Å². The normalized spacial score (nSPS) is 13.1. The minimum absolute atomic E-state index is 0.0193. The zero-order valence-electron chi connectivity index (χ0n) is 19.0. The molecule has 1 rings (SSSR count). The molecule has 4 heteroatoms. The number of rotatable bonds is 15. The molecule has 2 unspecified atom stereocenters. The summed E-state index contributed by atoms with van der Waals surface area (Å²) in [5, 5.41) is 5.98. The van der Waals surface area contributed by atoms with E-state index in [1.807, 2.05) is 51.1 Å². The highest BCUT2D eigenvalue weighted by Gasteiger charge is 2.25. The van der Waals surface area contributed by atoms with Gasteiger partial charge in [0.2, 0.25) is 11.8 Å². The first-order valence-electron chi connectivity index (χ1n) is 11.6. The third-order valence-electron chi connectivity index (χ3n) is 5.43. The molecule has 164 valence electrons. The summed E-state index contributed by atoms with van der Waals surface area (Å²) in [6.07, 6.45) is 11.6. The second-order valence-electron chi connectivity index (χ2n) is 8.51. The predicted octanol–water partition coefficient (Wildman–Crippen LogP) is 5.93. The molecule has 0 heterocycles. The molecule has 29 heavy (non-hydrogen) atoms. The van der Waals surface area contributed by atoms with Crippen LogP contribution < -0.4 is 10.6 Å². The van der Waals surface area contributed by atoms with Crippen LogP contribution in [0.15, 0.2) is 30.3 Å².